The summed E-state index contributed by atoms with van der Waals surface area (Å²) in [6, 6.07) is 17.8. The Bertz CT molecular complexity index is 621. The van der Waals surface area contributed by atoms with E-state index in [1.54, 1.807) is 0 Å². The van der Waals surface area contributed by atoms with Crippen LogP contribution in [0.2, 0.25) is 0 Å². The maximum absolute atomic E-state index is 11.9. The highest BCUT2D eigenvalue weighted by Crippen LogP contribution is 2.34. The average molecular weight is 330 g/mol. The van der Waals surface area contributed by atoms with Crippen LogP contribution in [0.1, 0.15) is 26.3 Å². The molecule has 0 aliphatic heterocycles. The van der Waals surface area contributed by atoms with Crippen molar-refractivity contribution in [2.75, 3.05) is 6.61 Å². The molecule has 0 atom stereocenters. The lowest BCUT2D eigenvalue weighted by Crippen LogP contribution is -2.29. The van der Waals surface area contributed by atoms with Gasteiger partial charge in [-0.3, -0.25) is 4.79 Å². The topological polar surface area (TPSA) is 35.5 Å². The Hall–Kier alpha value is -1.94. The molecule has 0 saturated heterocycles. The molecule has 0 fully saturated rings. The van der Waals surface area contributed by atoms with Crippen molar-refractivity contribution in [1.82, 2.24) is 0 Å². The molecule has 0 bridgehead atoms. The molecular formula is C19H22O3S. The molecule has 0 unspecified atom stereocenters. The first-order valence-corrected chi connectivity index (χ1v) is 8.46. The molecule has 0 N–H and O–H groups in total. The molecule has 23 heavy (non-hydrogen) atoms. The predicted octanol–water partition coefficient (Wildman–Crippen LogP) is 4.70. The second-order valence-electron chi connectivity index (χ2n) is 5.58. The number of benzene rings is 2. The predicted molar refractivity (Wildman–Crippen MR) is 93.8 cm³/mol. The van der Waals surface area contributed by atoms with Gasteiger partial charge < -0.3 is 9.47 Å². The van der Waals surface area contributed by atoms with E-state index in [2.05, 4.69) is 0 Å². The zero-order valence-electron chi connectivity index (χ0n) is 13.7. The van der Waals surface area contributed by atoms with Crippen LogP contribution in [0, 0.1) is 0 Å². The van der Waals surface area contributed by atoms with Crippen molar-refractivity contribution >= 4 is 17.7 Å². The summed E-state index contributed by atoms with van der Waals surface area (Å²) in [5.41, 5.74) is 1.13. The highest BCUT2D eigenvalue weighted by molar-refractivity contribution is 8.01. The van der Waals surface area contributed by atoms with Crippen LogP contribution in [0.5, 0.6) is 5.75 Å². The molecule has 0 aliphatic carbocycles. The third-order valence-electron chi connectivity index (χ3n) is 3.21. The largest absolute Gasteiger partial charge is 0.489 e. The van der Waals surface area contributed by atoms with Gasteiger partial charge in [0.2, 0.25) is 0 Å². The first-order valence-electron chi connectivity index (χ1n) is 7.64. The maximum atomic E-state index is 11.9. The molecule has 0 amide bonds. The van der Waals surface area contributed by atoms with Gasteiger partial charge in [-0.2, -0.15) is 0 Å². The Morgan fingerprint density at radius 2 is 1.70 bits per heavy atom. The number of hydrogen-bond acceptors (Lipinski definition) is 4. The summed E-state index contributed by atoms with van der Waals surface area (Å²) in [7, 11) is 0. The van der Waals surface area contributed by atoms with Crippen LogP contribution in [-0.4, -0.2) is 17.3 Å². The van der Waals surface area contributed by atoms with E-state index in [0.717, 1.165) is 16.2 Å². The Labute approximate surface area is 142 Å². The summed E-state index contributed by atoms with van der Waals surface area (Å²) in [5, 5.41) is 0. The second-order valence-corrected chi connectivity index (χ2v) is 7.27. The summed E-state index contributed by atoms with van der Waals surface area (Å²) in [6.45, 7) is 6.50. The zero-order chi connectivity index (χ0) is 16.7. The van der Waals surface area contributed by atoms with Gasteiger partial charge in [-0.25, -0.2) is 0 Å². The van der Waals surface area contributed by atoms with Gasteiger partial charge in [-0.05, 0) is 50.6 Å². The molecule has 0 aliphatic rings. The van der Waals surface area contributed by atoms with E-state index in [-0.39, 0.29) is 5.97 Å². The maximum Gasteiger partial charge on any atom is 0.321 e. The third-order valence-corrected chi connectivity index (χ3v) is 4.40. The fourth-order valence-corrected chi connectivity index (χ4v) is 2.99. The number of hydrogen-bond donors (Lipinski definition) is 0. The summed E-state index contributed by atoms with van der Waals surface area (Å²) in [4.78, 5) is 12.9. The molecule has 0 spiro atoms. The number of ether oxygens (including phenoxy) is 2. The monoisotopic (exact) mass is 330 g/mol. The number of esters is 1. The quantitative estimate of drug-likeness (QED) is 0.544. The summed E-state index contributed by atoms with van der Waals surface area (Å²) in [6.07, 6.45) is 0. The van der Waals surface area contributed by atoms with Crippen molar-refractivity contribution in [1.29, 1.82) is 0 Å². The minimum absolute atomic E-state index is 0.200. The van der Waals surface area contributed by atoms with E-state index in [4.69, 9.17) is 9.47 Å². The van der Waals surface area contributed by atoms with Crippen molar-refractivity contribution in [3.05, 3.63) is 60.2 Å². The van der Waals surface area contributed by atoms with Crippen LogP contribution in [0.4, 0.5) is 0 Å². The zero-order valence-corrected chi connectivity index (χ0v) is 14.6. The standard InChI is InChI=1S/C19H22O3S/c1-4-21-18(20)19(2,3)23-17-12-10-16(11-13-17)22-14-15-8-6-5-7-9-15/h5-13H,4,14H2,1-3H3. The molecular weight excluding hydrogens is 308 g/mol. The Kier molecular flexibility index (Phi) is 6.11. The lowest BCUT2D eigenvalue weighted by atomic mass is 10.2. The van der Waals surface area contributed by atoms with E-state index >= 15 is 0 Å². The molecule has 4 heteroatoms. The molecule has 0 saturated carbocycles. The van der Waals surface area contributed by atoms with Gasteiger partial charge in [0.05, 0.1) is 6.61 Å². The van der Waals surface area contributed by atoms with Gasteiger partial charge in [-0.15, -0.1) is 11.8 Å². The second kappa shape index (κ2) is 8.06. The minimum atomic E-state index is -0.609. The van der Waals surface area contributed by atoms with E-state index in [0.29, 0.717) is 13.2 Å². The minimum Gasteiger partial charge on any atom is -0.489 e. The Balaban J connectivity index is 1.93. The van der Waals surface area contributed by atoms with Crippen molar-refractivity contribution in [2.45, 2.75) is 37.0 Å². The van der Waals surface area contributed by atoms with Gasteiger partial charge in [0.25, 0.3) is 0 Å². The molecule has 2 rings (SSSR count). The van der Waals surface area contributed by atoms with Crippen molar-refractivity contribution < 1.29 is 14.3 Å². The normalized spacial score (nSPS) is 11.1. The van der Waals surface area contributed by atoms with E-state index < -0.39 is 4.75 Å². The van der Waals surface area contributed by atoms with Crippen LogP contribution >= 0.6 is 11.8 Å². The first-order chi connectivity index (χ1) is 11.0. The highest BCUT2D eigenvalue weighted by Gasteiger charge is 2.30. The number of carbonyl (C=O) groups is 1. The van der Waals surface area contributed by atoms with Crippen molar-refractivity contribution in [2.24, 2.45) is 0 Å². The van der Waals surface area contributed by atoms with Crippen LogP contribution in [0.25, 0.3) is 0 Å². The van der Waals surface area contributed by atoms with Gasteiger partial charge in [-0.1, -0.05) is 30.3 Å². The summed E-state index contributed by atoms with van der Waals surface area (Å²) in [5.74, 6) is 0.613. The molecule has 0 radical (unpaired) electrons. The lowest BCUT2D eigenvalue weighted by Gasteiger charge is -2.21. The highest BCUT2D eigenvalue weighted by atomic mass is 32.2. The van der Waals surface area contributed by atoms with E-state index in [1.165, 1.54) is 11.8 Å². The lowest BCUT2D eigenvalue weighted by molar-refractivity contribution is -0.145. The van der Waals surface area contributed by atoms with Crippen LogP contribution < -0.4 is 4.74 Å². The first kappa shape index (κ1) is 17.4. The van der Waals surface area contributed by atoms with Gasteiger partial charge in [0.1, 0.15) is 17.1 Å². The fraction of sp³-hybridized carbons (Fsp3) is 0.316. The number of thioether (sulfide) groups is 1. The van der Waals surface area contributed by atoms with Gasteiger partial charge in [0.15, 0.2) is 0 Å². The van der Waals surface area contributed by atoms with Gasteiger partial charge in [0, 0.05) is 4.90 Å². The van der Waals surface area contributed by atoms with Crippen molar-refractivity contribution in [3.8, 4) is 5.75 Å². The van der Waals surface area contributed by atoms with Crippen LogP contribution in [0.3, 0.4) is 0 Å². The van der Waals surface area contributed by atoms with Gasteiger partial charge >= 0.3 is 5.97 Å². The smallest absolute Gasteiger partial charge is 0.321 e. The Morgan fingerprint density at radius 3 is 2.30 bits per heavy atom. The van der Waals surface area contributed by atoms with E-state index in [9.17, 15) is 4.79 Å². The molecule has 3 nitrogen and oxygen atoms in total. The van der Waals surface area contributed by atoms with Crippen LogP contribution in [-0.2, 0) is 16.1 Å². The number of rotatable bonds is 7. The molecule has 0 heterocycles. The SMILES string of the molecule is CCOC(=O)C(C)(C)Sc1ccc(OCc2ccccc2)cc1. The third kappa shape index (κ3) is 5.32. The molecule has 0 aromatic heterocycles. The Morgan fingerprint density at radius 1 is 1.04 bits per heavy atom. The molecule has 2 aromatic carbocycles. The average Bonchev–Trinajstić information content (AvgIpc) is 2.55. The van der Waals surface area contributed by atoms with Crippen molar-refractivity contribution in [3.63, 3.8) is 0 Å². The molecule has 122 valence electrons. The summed E-state index contributed by atoms with van der Waals surface area (Å²) < 4.78 is 10.3. The molecule has 2 aromatic rings. The van der Waals surface area contributed by atoms with Crippen LogP contribution in [0.15, 0.2) is 59.5 Å². The fourth-order valence-electron chi connectivity index (χ4n) is 1.99. The number of carbonyl (C=O) groups excluding carboxylic acids is 1. The summed E-state index contributed by atoms with van der Waals surface area (Å²) >= 11 is 1.49. The van der Waals surface area contributed by atoms with E-state index in [1.807, 2.05) is 75.4 Å².